The zero-order valence-electron chi connectivity index (χ0n) is 19.8. The Kier molecular flexibility index (Phi) is 7.65. The molecule has 1 aromatic carbocycles. The van der Waals surface area contributed by atoms with E-state index in [1.165, 1.54) is 6.42 Å². The molecule has 1 aliphatic carbocycles. The van der Waals surface area contributed by atoms with Crippen molar-refractivity contribution in [3.63, 3.8) is 0 Å². The van der Waals surface area contributed by atoms with Crippen molar-refractivity contribution in [1.82, 2.24) is 14.7 Å². The van der Waals surface area contributed by atoms with Crippen LogP contribution in [0.1, 0.15) is 72.4 Å². The van der Waals surface area contributed by atoms with E-state index in [0.717, 1.165) is 31.4 Å². The second-order valence-electron chi connectivity index (χ2n) is 9.97. The molecule has 1 aliphatic rings. The zero-order valence-corrected chi connectivity index (χ0v) is 20.6. The Morgan fingerprint density at radius 3 is 2.44 bits per heavy atom. The number of hydrogen-bond donors (Lipinski definition) is 1. The van der Waals surface area contributed by atoms with Gasteiger partial charge in [-0.2, -0.15) is 5.10 Å². The number of hydrogen-bond acceptors (Lipinski definition) is 3. The Hall–Kier alpha value is -2.34. The van der Waals surface area contributed by atoms with Crippen molar-refractivity contribution in [3.8, 4) is 5.69 Å². The molecule has 0 atom stereocenters. The fourth-order valence-electron chi connectivity index (χ4n) is 4.08. The van der Waals surface area contributed by atoms with E-state index in [1.807, 2.05) is 38.1 Å². The molecule has 1 heterocycles. The first-order chi connectivity index (χ1) is 15.1. The van der Waals surface area contributed by atoms with Gasteiger partial charge >= 0.3 is 0 Å². The Labute approximate surface area is 196 Å². The van der Waals surface area contributed by atoms with E-state index < -0.39 is 0 Å². The van der Waals surface area contributed by atoms with Crippen molar-refractivity contribution < 1.29 is 9.59 Å². The smallest absolute Gasteiger partial charge is 0.245 e. The van der Waals surface area contributed by atoms with Crippen molar-refractivity contribution in [2.24, 2.45) is 5.92 Å². The van der Waals surface area contributed by atoms with E-state index in [9.17, 15) is 9.59 Å². The van der Waals surface area contributed by atoms with Crippen molar-refractivity contribution >= 4 is 29.2 Å². The average molecular weight is 459 g/mol. The van der Waals surface area contributed by atoms with E-state index in [2.05, 4.69) is 26.1 Å². The summed E-state index contributed by atoms with van der Waals surface area (Å²) in [6, 6.07) is 9.23. The molecule has 0 saturated heterocycles. The molecular weight excluding hydrogens is 424 g/mol. The number of anilines is 1. The topological polar surface area (TPSA) is 67.2 Å². The predicted octanol–water partition coefficient (Wildman–Crippen LogP) is 5.58. The highest BCUT2D eigenvalue weighted by Gasteiger charge is 2.29. The molecule has 0 radical (unpaired) electrons. The van der Waals surface area contributed by atoms with Crippen LogP contribution in [-0.4, -0.2) is 39.1 Å². The summed E-state index contributed by atoms with van der Waals surface area (Å²) in [4.78, 5) is 27.9. The van der Waals surface area contributed by atoms with Gasteiger partial charge < -0.3 is 10.2 Å². The molecule has 3 rings (SSSR count). The number of rotatable bonds is 6. The minimum absolute atomic E-state index is 0.0194. The van der Waals surface area contributed by atoms with Crippen LogP contribution in [0.25, 0.3) is 5.69 Å². The van der Waals surface area contributed by atoms with Crippen LogP contribution in [0.2, 0.25) is 5.02 Å². The fourth-order valence-corrected chi connectivity index (χ4v) is 4.30. The van der Waals surface area contributed by atoms with Crippen LogP contribution in [0.3, 0.4) is 0 Å². The molecule has 32 heavy (non-hydrogen) atoms. The number of nitrogens with zero attached hydrogens (tertiary/aromatic N) is 3. The monoisotopic (exact) mass is 458 g/mol. The molecule has 174 valence electrons. The highest BCUT2D eigenvalue weighted by molar-refractivity contribution is 6.32. The molecule has 1 fully saturated rings. The molecule has 7 heteroatoms. The lowest BCUT2D eigenvalue weighted by atomic mass is 9.88. The van der Waals surface area contributed by atoms with Crippen LogP contribution in [0.4, 0.5) is 5.82 Å². The van der Waals surface area contributed by atoms with E-state index in [0.29, 0.717) is 16.5 Å². The lowest BCUT2D eigenvalue weighted by molar-refractivity contribution is -0.141. The maximum atomic E-state index is 13.1. The van der Waals surface area contributed by atoms with Gasteiger partial charge in [0, 0.05) is 23.4 Å². The van der Waals surface area contributed by atoms with Gasteiger partial charge in [-0.25, -0.2) is 4.68 Å². The third kappa shape index (κ3) is 5.71. The number of halogens is 1. The minimum atomic E-state index is -0.239. The van der Waals surface area contributed by atoms with Gasteiger partial charge in [0.2, 0.25) is 11.8 Å². The van der Waals surface area contributed by atoms with Crippen molar-refractivity contribution in [3.05, 3.63) is 41.0 Å². The largest absolute Gasteiger partial charge is 0.331 e. The van der Waals surface area contributed by atoms with E-state index in [4.69, 9.17) is 16.7 Å². The summed E-state index contributed by atoms with van der Waals surface area (Å²) >= 11 is 6.42. The number of carbonyl (C=O) groups excluding carboxylic acids is 2. The second kappa shape index (κ2) is 10.1. The first kappa shape index (κ1) is 24.3. The van der Waals surface area contributed by atoms with Crippen LogP contribution < -0.4 is 5.32 Å². The zero-order chi connectivity index (χ0) is 23.5. The summed E-state index contributed by atoms with van der Waals surface area (Å²) in [5.41, 5.74) is 1.33. The Morgan fingerprint density at radius 1 is 1.19 bits per heavy atom. The number of benzene rings is 1. The second-order valence-corrected chi connectivity index (χ2v) is 10.4. The Balaban J connectivity index is 1.83. The fraction of sp³-hybridized carbons (Fsp3) is 0.560. The van der Waals surface area contributed by atoms with Gasteiger partial charge in [0.15, 0.2) is 0 Å². The molecule has 2 amide bonds. The van der Waals surface area contributed by atoms with Crippen molar-refractivity contribution in [1.29, 1.82) is 0 Å². The molecule has 0 bridgehead atoms. The van der Waals surface area contributed by atoms with Crippen LogP contribution in [-0.2, 0) is 15.0 Å². The number of para-hydroxylation sites is 1. The van der Waals surface area contributed by atoms with Gasteiger partial charge in [-0.15, -0.1) is 0 Å². The Bertz CT molecular complexity index is 955. The summed E-state index contributed by atoms with van der Waals surface area (Å²) in [5, 5.41) is 8.25. The highest BCUT2D eigenvalue weighted by atomic mass is 35.5. The third-order valence-electron chi connectivity index (χ3n) is 6.00. The minimum Gasteiger partial charge on any atom is -0.331 e. The molecule has 1 saturated carbocycles. The average Bonchev–Trinajstić information content (AvgIpc) is 3.16. The molecule has 0 aliphatic heterocycles. The molecule has 1 N–H and O–H groups in total. The molecule has 0 spiro atoms. The summed E-state index contributed by atoms with van der Waals surface area (Å²) in [6.07, 6.45) is 5.19. The van der Waals surface area contributed by atoms with Crippen LogP contribution in [0.5, 0.6) is 0 Å². The quantitative estimate of drug-likeness (QED) is 0.614. The van der Waals surface area contributed by atoms with Crippen molar-refractivity contribution in [2.45, 2.75) is 78.2 Å². The van der Waals surface area contributed by atoms with Crippen molar-refractivity contribution in [2.75, 3.05) is 11.9 Å². The lowest BCUT2D eigenvalue weighted by Gasteiger charge is -2.31. The van der Waals surface area contributed by atoms with E-state index in [-0.39, 0.29) is 35.7 Å². The maximum Gasteiger partial charge on any atom is 0.245 e. The number of carbonyl (C=O) groups is 2. The van der Waals surface area contributed by atoms with Gasteiger partial charge in [-0.3, -0.25) is 9.59 Å². The molecule has 2 aromatic rings. The molecule has 6 nitrogen and oxygen atoms in total. The van der Waals surface area contributed by atoms with Gasteiger partial charge in [0.25, 0.3) is 0 Å². The van der Waals surface area contributed by atoms with Gasteiger partial charge in [0.1, 0.15) is 12.4 Å². The predicted molar refractivity (Wildman–Crippen MR) is 129 cm³/mol. The molecular formula is C25H35ClN4O2. The van der Waals surface area contributed by atoms with Crippen LogP contribution in [0, 0.1) is 5.92 Å². The van der Waals surface area contributed by atoms with Gasteiger partial charge in [-0.1, -0.05) is 63.8 Å². The summed E-state index contributed by atoms with van der Waals surface area (Å²) < 4.78 is 1.67. The first-order valence-corrected chi connectivity index (χ1v) is 11.9. The van der Waals surface area contributed by atoms with Crippen LogP contribution in [0.15, 0.2) is 30.3 Å². The summed E-state index contributed by atoms with van der Waals surface area (Å²) in [5.74, 6) is 0.420. The maximum absolute atomic E-state index is 13.1. The normalized spacial score (nSPS) is 15.1. The molecule has 1 aromatic heterocycles. The number of aromatic nitrogens is 2. The number of amides is 2. The van der Waals surface area contributed by atoms with Gasteiger partial charge in [0.05, 0.1) is 16.4 Å². The third-order valence-corrected chi connectivity index (χ3v) is 6.32. The van der Waals surface area contributed by atoms with Gasteiger partial charge in [-0.05, 0) is 38.8 Å². The van der Waals surface area contributed by atoms with Crippen LogP contribution >= 0.6 is 11.6 Å². The Morgan fingerprint density at radius 2 is 1.84 bits per heavy atom. The number of nitrogens with one attached hydrogen (secondary N) is 1. The summed E-state index contributed by atoms with van der Waals surface area (Å²) in [7, 11) is 0. The lowest BCUT2D eigenvalue weighted by Crippen LogP contribution is -2.45. The molecule has 0 unspecified atom stereocenters. The van der Waals surface area contributed by atoms with E-state index in [1.54, 1.807) is 15.6 Å². The van der Waals surface area contributed by atoms with E-state index >= 15 is 0 Å². The first-order valence-electron chi connectivity index (χ1n) is 11.5. The SMILES string of the molecule is CC(C)N(CC(=O)Nc1cc(C(C)(C)C)nn1-c1ccccc1Cl)C(=O)C1CCCCC1. The highest BCUT2D eigenvalue weighted by Crippen LogP contribution is 2.29. The standard InChI is InChI=1S/C25H35ClN4O2/c1-17(2)29(24(32)18-11-7-6-8-12-18)16-23(31)27-22-15-21(25(3,4)5)28-30(22)20-14-10-9-13-19(20)26/h9-10,13-15,17-18H,6-8,11-12,16H2,1-5H3,(H,27,31). The summed E-state index contributed by atoms with van der Waals surface area (Å²) in [6.45, 7) is 10.1.